The van der Waals surface area contributed by atoms with E-state index < -0.39 is 17.7 Å². The molecule has 0 saturated carbocycles. The molecule has 0 fully saturated rings. The summed E-state index contributed by atoms with van der Waals surface area (Å²) in [5, 5.41) is 0. The SMILES string of the molecule is COc1ccc(C(C(C)=O)c2cccc(C(F)(F)F)c2)cc1OC. The van der Waals surface area contributed by atoms with Crippen LogP contribution in [0, 0.1) is 0 Å². The largest absolute Gasteiger partial charge is 0.493 e. The molecule has 2 rings (SSSR count). The van der Waals surface area contributed by atoms with Crippen LogP contribution in [0.2, 0.25) is 0 Å². The van der Waals surface area contributed by atoms with E-state index in [4.69, 9.17) is 9.47 Å². The van der Waals surface area contributed by atoms with E-state index in [-0.39, 0.29) is 11.3 Å². The molecule has 0 bridgehead atoms. The average Bonchev–Trinajstić information content (AvgIpc) is 2.54. The number of hydrogen-bond acceptors (Lipinski definition) is 3. The van der Waals surface area contributed by atoms with Crippen LogP contribution in [0.1, 0.15) is 29.5 Å². The summed E-state index contributed by atoms with van der Waals surface area (Å²) < 4.78 is 49.1. The molecule has 3 nitrogen and oxygen atoms in total. The van der Waals surface area contributed by atoms with Crippen LogP contribution in [-0.2, 0) is 11.0 Å². The van der Waals surface area contributed by atoms with Gasteiger partial charge in [-0.05, 0) is 36.2 Å². The molecule has 0 aliphatic heterocycles. The van der Waals surface area contributed by atoms with Crippen molar-refractivity contribution in [1.29, 1.82) is 0 Å². The third-order valence-electron chi connectivity index (χ3n) is 3.69. The van der Waals surface area contributed by atoms with Crippen molar-refractivity contribution < 1.29 is 27.4 Å². The van der Waals surface area contributed by atoms with Crippen molar-refractivity contribution in [3.05, 3.63) is 59.2 Å². The quantitative estimate of drug-likeness (QED) is 0.808. The number of benzene rings is 2. The van der Waals surface area contributed by atoms with Crippen molar-refractivity contribution in [2.45, 2.75) is 19.0 Å². The highest BCUT2D eigenvalue weighted by atomic mass is 19.4. The fourth-order valence-electron chi connectivity index (χ4n) is 2.59. The van der Waals surface area contributed by atoms with Gasteiger partial charge < -0.3 is 9.47 Å². The Morgan fingerprint density at radius 2 is 1.58 bits per heavy atom. The van der Waals surface area contributed by atoms with Gasteiger partial charge in [-0.25, -0.2) is 0 Å². The Morgan fingerprint density at radius 1 is 0.958 bits per heavy atom. The predicted molar refractivity (Wildman–Crippen MR) is 83.5 cm³/mol. The maximum atomic E-state index is 12.9. The van der Waals surface area contributed by atoms with Gasteiger partial charge in [0.15, 0.2) is 11.5 Å². The summed E-state index contributed by atoms with van der Waals surface area (Å²) in [6.45, 7) is 1.35. The molecule has 0 amide bonds. The molecule has 0 heterocycles. The smallest absolute Gasteiger partial charge is 0.416 e. The van der Waals surface area contributed by atoms with Crippen molar-refractivity contribution in [3.63, 3.8) is 0 Å². The maximum Gasteiger partial charge on any atom is 0.416 e. The molecular weight excluding hydrogens is 321 g/mol. The first-order chi connectivity index (χ1) is 11.3. The molecule has 2 aromatic rings. The number of carbonyl (C=O) groups excluding carboxylic acids is 1. The van der Waals surface area contributed by atoms with Gasteiger partial charge >= 0.3 is 6.18 Å². The molecule has 0 radical (unpaired) electrons. The number of hydrogen-bond donors (Lipinski definition) is 0. The lowest BCUT2D eigenvalue weighted by Crippen LogP contribution is -2.13. The first kappa shape index (κ1) is 17.8. The first-order valence-corrected chi connectivity index (χ1v) is 7.17. The van der Waals surface area contributed by atoms with Crippen LogP contribution in [0.25, 0.3) is 0 Å². The molecule has 0 spiro atoms. The number of methoxy groups -OCH3 is 2. The zero-order valence-electron chi connectivity index (χ0n) is 13.5. The zero-order valence-corrected chi connectivity index (χ0v) is 13.5. The number of rotatable bonds is 5. The van der Waals surface area contributed by atoms with Gasteiger partial charge in [0.2, 0.25) is 0 Å². The van der Waals surface area contributed by atoms with E-state index in [1.807, 2.05) is 0 Å². The minimum Gasteiger partial charge on any atom is -0.493 e. The van der Waals surface area contributed by atoms with Crippen LogP contribution in [0.5, 0.6) is 11.5 Å². The molecule has 0 aromatic heterocycles. The molecule has 1 atom stereocenters. The highest BCUT2D eigenvalue weighted by molar-refractivity contribution is 5.87. The fourth-order valence-corrected chi connectivity index (χ4v) is 2.59. The van der Waals surface area contributed by atoms with E-state index >= 15 is 0 Å². The van der Waals surface area contributed by atoms with Gasteiger partial charge in [0.25, 0.3) is 0 Å². The van der Waals surface area contributed by atoms with Crippen LogP contribution in [0.3, 0.4) is 0 Å². The van der Waals surface area contributed by atoms with Crippen molar-refractivity contribution in [2.24, 2.45) is 0 Å². The summed E-state index contributed by atoms with van der Waals surface area (Å²) in [5.74, 6) is -0.186. The summed E-state index contributed by atoms with van der Waals surface area (Å²) in [5.41, 5.74) is 0.0377. The molecule has 128 valence electrons. The first-order valence-electron chi connectivity index (χ1n) is 7.17. The number of carbonyl (C=O) groups is 1. The number of halogens is 3. The number of ketones is 1. The van der Waals surface area contributed by atoms with Gasteiger partial charge in [0, 0.05) is 0 Å². The number of alkyl halides is 3. The lowest BCUT2D eigenvalue weighted by molar-refractivity contribution is -0.137. The lowest BCUT2D eigenvalue weighted by atomic mass is 9.87. The molecule has 0 aliphatic rings. The Labute approximate surface area is 138 Å². The van der Waals surface area contributed by atoms with E-state index in [0.29, 0.717) is 17.1 Å². The Bertz CT molecular complexity index is 739. The third-order valence-corrected chi connectivity index (χ3v) is 3.69. The Morgan fingerprint density at radius 3 is 2.12 bits per heavy atom. The van der Waals surface area contributed by atoms with E-state index in [0.717, 1.165) is 12.1 Å². The van der Waals surface area contributed by atoms with Crippen molar-refractivity contribution in [3.8, 4) is 11.5 Å². The van der Waals surface area contributed by atoms with E-state index in [9.17, 15) is 18.0 Å². The van der Waals surface area contributed by atoms with Gasteiger partial charge in [0.1, 0.15) is 5.78 Å². The fraction of sp³-hybridized carbons (Fsp3) is 0.278. The Kier molecular flexibility index (Phi) is 5.17. The number of Topliss-reactive ketones (excluding diaryl/α,β-unsaturated/α-hetero) is 1. The van der Waals surface area contributed by atoms with Crippen molar-refractivity contribution in [1.82, 2.24) is 0 Å². The van der Waals surface area contributed by atoms with E-state index in [1.54, 1.807) is 18.2 Å². The Balaban J connectivity index is 2.53. The van der Waals surface area contributed by atoms with Crippen molar-refractivity contribution in [2.75, 3.05) is 14.2 Å². The highest BCUT2D eigenvalue weighted by Crippen LogP contribution is 2.36. The molecule has 2 aromatic carbocycles. The second-order valence-electron chi connectivity index (χ2n) is 5.28. The number of ether oxygens (including phenoxy) is 2. The lowest BCUT2D eigenvalue weighted by Gasteiger charge is -2.18. The van der Waals surface area contributed by atoms with Gasteiger partial charge in [-0.2, -0.15) is 13.2 Å². The van der Waals surface area contributed by atoms with Crippen LogP contribution < -0.4 is 9.47 Å². The molecule has 1 unspecified atom stereocenters. The maximum absolute atomic E-state index is 12.9. The topological polar surface area (TPSA) is 35.5 Å². The van der Waals surface area contributed by atoms with Crippen LogP contribution in [-0.4, -0.2) is 20.0 Å². The predicted octanol–water partition coefficient (Wildman–Crippen LogP) is 4.44. The molecule has 6 heteroatoms. The van der Waals surface area contributed by atoms with Gasteiger partial charge in [-0.1, -0.05) is 24.3 Å². The summed E-state index contributed by atoms with van der Waals surface area (Å²) in [6.07, 6.45) is -4.46. The summed E-state index contributed by atoms with van der Waals surface area (Å²) in [7, 11) is 2.93. The minimum atomic E-state index is -4.46. The van der Waals surface area contributed by atoms with Crippen LogP contribution in [0.4, 0.5) is 13.2 Å². The van der Waals surface area contributed by atoms with Gasteiger partial charge in [-0.3, -0.25) is 4.79 Å². The second-order valence-corrected chi connectivity index (χ2v) is 5.28. The van der Waals surface area contributed by atoms with Gasteiger partial charge in [-0.15, -0.1) is 0 Å². The minimum absolute atomic E-state index is 0.262. The summed E-state index contributed by atoms with van der Waals surface area (Å²) in [4.78, 5) is 12.1. The van der Waals surface area contributed by atoms with E-state index in [2.05, 4.69) is 0 Å². The summed E-state index contributed by atoms with van der Waals surface area (Å²) in [6, 6.07) is 9.67. The molecule has 24 heavy (non-hydrogen) atoms. The van der Waals surface area contributed by atoms with E-state index in [1.165, 1.54) is 33.3 Å². The molecule has 0 aliphatic carbocycles. The van der Waals surface area contributed by atoms with Crippen LogP contribution in [0.15, 0.2) is 42.5 Å². The third kappa shape index (κ3) is 3.69. The second kappa shape index (κ2) is 6.95. The van der Waals surface area contributed by atoms with Crippen LogP contribution >= 0.6 is 0 Å². The molecule has 0 N–H and O–H groups in total. The van der Waals surface area contributed by atoms with Crippen molar-refractivity contribution >= 4 is 5.78 Å². The van der Waals surface area contributed by atoms with Gasteiger partial charge in [0.05, 0.1) is 25.7 Å². The molecular formula is C18H17F3O3. The highest BCUT2D eigenvalue weighted by Gasteiger charge is 2.31. The molecule has 0 saturated heterocycles. The summed E-state index contributed by atoms with van der Waals surface area (Å²) >= 11 is 0. The standard InChI is InChI=1S/C18H17F3O3/c1-11(22)17(12-5-4-6-14(9-12)18(19,20)21)13-7-8-15(23-2)16(10-13)24-3/h4-10,17H,1-3H3. The normalized spacial score (nSPS) is 12.6. The monoisotopic (exact) mass is 338 g/mol. The average molecular weight is 338 g/mol. The Hall–Kier alpha value is -2.50. The zero-order chi connectivity index (χ0) is 17.9.